The van der Waals surface area contributed by atoms with Crippen LogP contribution in [-0.2, 0) is 18.4 Å². The number of fused-ring (bicyclic) bond motifs is 3. The van der Waals surface area contributed by atoms with Gasteiger partial charge in [-0.2, -0.15) is 0 Å². The number of guanidine groups is 1. The third kappa shape index (κ3) is 4.15. The van der Waals surface area contributed by atoms with Gasteiger partial charge in [0, 0.05) is 5.69 Å². The van der Waals surface area contributed by atoms with Crippen molar-refractivity contribution in [2.75, 3.05) is 4.90 Å². The summed E-state index contributed by atoms with van der Waals surface area (Å²) in [6, 6.07) is 23.6. The van der Waals surface area contributed by atoms with Gasteiger partial charge in [0.15, 0.2) is 5.96 Å². The highest BCUT2D eigenvalue weighted by molar-refractivity contribution is 5.93. The molecule has 1 aliphatic carbocycles. The van der Waals surface area contributed by atoms with Gasteiger partial charge in [0.25, 0.3) is 0 Å². The second kappa shape index (κ2) is 7.92. The van der Waals surface area contributed by atoms with Crippen molar-refractivity contribution in [1.82, 2.24) is 0 Å². The van der Waals surface area contributed by atoms with Crippen LogP contribution in [-0.4, -0.2) is 5.96 Å². The number of hydrogen-bond donors (Lipinski definition) is 2. The molecule has 0 bridgehead atoms. The average Bonchev–Trinajstić information content (AvgIpc) is 3.03. The molecule has 150 valence electrons. The predicted molar refractivity (Wildman–Crippen MR) is 125 cm³/mol. The zero-order valence-corrected chi connectivity index (χ0v) is 18.0. The van der Waals surface area contributed by atoms with Crippen molar-refractivity contribution in [3.8, 4) is 11.1 Å². The molecular formula is C25H28ClN3. The minimum atomic E-state index is 0. The Morgan fingerprint density at radius 3 is 2.24 bits per heavy atom. The monoisotopic (exact) mass is 405 g/mol. The second-order valence-electron chi connectivity index (χ2n) is 8.59. The number of rotatable bonds is 3. The number of hydrogen-bond acceptors (Lipinski definition) is 1. The molecule has 0 saturated heterocycles. The van der Waals surface area contributed by atoms with Gasteiger partial charge in [0.2, 0.25) is 0 Å². The fourth-order valence-corrected chi connectivity index (χ4v) is 3.91. The van der Waals surface area contributed by atoms with Crippen molar-refractivity contribution >= 4 is 24.1 Å². The summed E-state index contributed by atoms with van der Waals surface area (Å²) in [7, 11) is 0. The van der Waals surface area contributed by atoms with Crippen LogP contribution in [0.5, 0.6) is 0 Å². The summed E-state index contributed by atoms with van der Waals surface area (Å²) >= 11 is 0. The molecule has 29 heavy (non-hydrogen) atoms. The molecule has 3 aromatic rings. The van der Waals surface area contributed by atoms with Crippen molar-refractivity contribution in [3.05, 3.63) is 89.0 Å². The average molecular weight is 406 g/mol. The van der Waals surface area contributed by atoms with Crippen LogP contribution in [0.25, 0.3) is 11.1 Å². The van der Waals surface area contributed by atoms with Crippen LogP contribution in [0.2, 0.25) is 0 Å². The third-order valence-corrected chi connectivity index (χ3v) is 5.54. The van der Waals surface area contributed by atoms with E-state index < -0.39 is 0 Å². The molecule has 0 aliphatic heterocycles. The Kier molecular flexibility index (Phi) is 5.72. The Hall–Kier alpha value is -2.78. The quantitative estimate of drug-likeness (QED) is 0.330. The lowest BCUT2D eigenvalue weighted by atomic mass is 9.87. The van der Waals surface area contributed by atoms with Crippen molar-refractivity contribution in [2.45, 2.75) is 39.2 Å². The minimum absolute atomic E-state index is 0. The first-order valence-electron chi connectivity index (χ1n) is 9.75. The van der Waals surface area contributed by atoms with E-state index in [-0.39, 0.29) is 23.8 Å². The van der Waals surface area contributed by atoms with Crippen molar-refractivity contribution in [1.29, 1.82) is 5.41 Å². The molecule has 0 unspecified atom stereocenters. The normalized spacial score (nSPS) is 12.0. The van der Waals surface area contributed by atoms with E-state index in [1.54, 1.807) is 0 Å². The van der Waals surface area contributed by atoms with Gasteiger partial charge in [-0.05, 0) is 57.3 Å². The maximum Gasteiger partial charge on any atom is 0.193 e. The van der Waals surface area contributed by atoms with E-state index in [9.17, 15) is 0 Å². The van der Waals surface area contributed by atoms with Crippen LogP contribution in [0.3, 0.4) is 0 Å². The molecule has 4 rings (SSSR count). The number of nitrogens with two attached hydrogens (primary N) is 1. The topological polar surface area (TPSA) is 53.1 Å². The number of anilines is 1. The molecule has 0 amide bonds. The van der Waals surface area contributed by atoms with Gasteiger partial charge in [-0.25, -0.2) is 0 Å². The molecule has 0 aromatic heterocycles. The summed E-state index contributed by atoms with van der Waals surface area (Å²) in [5.74, 6) is 0.0651. The van der Waals surface area contributed by atoms with E-state index in [1.807, 2.05) is 4.90 Å². The van der Waals surface area contributed by atoms with Crippen LogP contribution in [0.4, 0.5) is 5.69 Å². The van der Waals surface area contributed by atoms with Crippen LogP contribution >= 0.6 is 12.4 Å². The lowest BCUT2D eigenvalue weighted by molar-refractivity contribution is 0.590. The lowest BCUT2D eigenvalue weighted by Gasteiger charge is -2.24. The summed E-state index contributed by atoms with van der Waals surface area (Å²) < 4.78 is 0. The molecule has 0 heterocycles. The fraction of sp³-hybridized carbons (Fsp3) is 0.240. The smallest absolute Gasteiger partial charge is 0.193 e. The summed E-state index contributed by atoms with van der Waals surface area (Å²) in [6.45, 7) is 7.23. The van der Waals surface area contributed by atoms with Gasteiger partial charge >= 0.3 is 0 Å². The van der Waals surface area contributed by atoms with Gasteiger partial charge in [-0.15, -0.1) is 12.4 Å². The van der Waals surface area contributed by atoms with E-state index in [1.165, 1.54) is 27.8 Å². The third-order valence-electron chi connectivity index (χ3n) is 5.54. The molecule has 0 fully saturated rings. The Balaban J connectivity index is 0.00000240. The molecule has 1 aliphatic rings. The first-order valence-corrected chi connectivity index (χ1v) is 9.75. The zero-order chi connectivity index (χ0) is 19.9. The first kappa shape index (κ1) is 20.9. The summed E-state index contributed by atoms with van der Waals surface area (Å²) in [6.07, 6.45) is 0.936. The molecule has 3 aromatic carbocycles. The number of nitrogens with one attached hydrogen (secondary N) is 1. The van der Waals surface area contributed by atoms with Gasteiger partial charge in [0.1, 0.15) is 0 Å². The number of halogens is 1. The Morgan fingerprint density at radius 2 is 1.59 bits per heavy atom. The number of benzene rings is 3. The van der Waals surface area contributed by atoms with E-state index in [4.69, 9.17) is 11.1 Å². The van der Waals surface area contributed by atoms with Crippen LogP contribution in [0, 0.1) is 5.41 Å². The van der Waals surface area contributed by atoms with Gasteiger partial charge < -0.3 is 10.6 Å². The summed E-state index contributed by atoms with van der Waals surface area (Å²) in [4.78, 5) is 1.87. The van der Waals surface area contributed by atoms with Crippen molar-refractivity contribution in [3.63, 3.8) is 0 Å². The van der Waals surface area contributed by atoms with Gasteiger partial charge in [-0.1, -0.05) is 75.4 Å². The van der Waals surface area contributed by atoms with Crippen molar-refractivity contribution < 1.29 is 0 Å². The number of nitrogens with zero attached hydrogens (tertiary/aromatic N) is 1. The molecule has 0 saturated carbocycles. The van der Waals surface area contributed by atoms with Gasteiger partial charge in [0.05, 0.1) is 6.54 Å². The van der Waals surface area contributed by atoms with E-state index in [2.05, 4.69) is 87.5 Å². The highest BCUT2D eigenvalue weighted by Crippen LogP contribution is 2.38. The molecule has 4 heteroatoms. The van der Waals surface area contributed by atoms with E-state index >= 15 is 0 Å². The molecule has 0 spiro atoms. The Morgan fingerprint density at radius 1 is 0.931 bits per heavy atom. The lowest BCUT2D eigenvalue weighted by Crippen LogP contribution is -2.36. The molecular weight excluding hydrogens is 378 g/mol. The summed E-state index contributed by atoms with van der Waals surface area (Å²) in [5, 5.41) is 8.11. The minimum Gasteiger partial charge on any atom is -0.370 e. The highest BCUT2D eigenvalue weighted by atomic mass is 35.5. The second-order valence-corrected chi connectivity index (χ2v) is 8.59. The van der Waals surface area contributed by atoms with E-state index in [0.717, 1.165) is 17.7 Å². The van der Waals surface area contributed by atoms with E-state index in [0.29, 0.717) is 6.54 Å². The molecule has 3 N–H and O–H groups in total. The van der Waals surface area contributed by atoms with Crippen LogP contribution < -0.4 is 10.6 Å². The van der Waals surface area contributed by atoms with Crippen LogP contribution in [0.1, 0.15) is 43.0 Å². The predicted octanol–water partition coefficient (Wildman–Crippen LogP) is 5.88. The Labute approximate surface area is 179 Å². The Bertz CT molecular complexity index is 1030. The standard InChI is InChI=1S/C25H27N3.ClH/c1-25(2,3)20-10-8-17(9-11-20)16-28(24(26)27)21-12-13-23-19(15-21)14-18-6-4-5-7-22(18)23;/h4-13,15H,14,16H2,1-3H3,(H3,26,27);1H. The molecule has 0 radical (unpaired) electrons. The highest BCUT2D eigenvalue weighted by Gasteiger charge is 2.20. The largest absolute Gasteiger partial charge is 0.370 e. The van der Waals surface area contributed by atoms with Gasteiger partial charge in [-0.3, -0.25) is 5.41 Å². The van der Waals surface area contributed by atoms with Crippen LogP contribution in [0.15, 0.2) is 66.7 Å². The molecule has 0 atom stereocenters. The first-order chi connectivity index (χ1) is 13.3. The molecule has 3 nitrogen and oxygen atoms in total. The van der Waals surface area contributed by atoms with Crippen molar-refractivity contribution in [2.24, 2.45) is 5.73 Å². The summed E-state index contributed by atoms with van der Waals surface area (Å²) in [5.41, 5.74) is 14.8. The maximum absolute atomic E-state index is 8.11. The fourth-order valence-electron chi connectivity index (χ4n) is 3.91. The maximum atomic E-state index is 8.11. The SMILES string of the molecule is CC(C)(C)c1ccc(CN(C(=N)N)c2ccc3c(c2)Cc2ccccc2-3)cc1.Cl. The zero-order valence-electron chi connectivity index (χ0n) is 17.2.